The van der Waals surface area contributed by atoms with Gasteiger partial charge in [-0.1, -0.05) is 11.2 Å². The molecule has 0 aromatic heterocycles. The quantitative estimate of drug-likeness (QED) is 0.718. The summed E-state index contributed by atoms with van der Waals surface area (Å²) in [4.78, 5) is 17.9. The van der Waals surface area contributed by atoms with Gasteiger partial charge in [0.05, 0.1) is 18.8 Å². The van der Waals surface area contributed by atoms with Crippen LogP contribution in [0.2, 0.25) is 0 Å². The van der Waals surface area contributed by atoms with Gasteiger partial charge in [-0.3, -0.25) is 0 Å². The van der Waals surface area contributed by atoms with Crippen molar-refractivity contribution in [3.8, 4) is 0 Å². The second-order valence-electron chi connectivity index (χ2n) is 7.93. The van der Waals surface area contributed by atoms with Gasteiger partial charge in [0, 0.05) is 31.9 Å². The molecule has 3 rings (SSSR count). The van der Waals surface area contributed by atoms with Crippen LogP contribution in [-0.2, 0) is 15.9 Å². The van der Waals surface area contributed by atoms with Crippen LogP contribution in [0.25, 0.3) is 0 Å². The fraction of sp³-hybridized carbons (Fsp3) is 0.632. The van der Waals surface area contributed by atoms with E-state index >= 15 is 0 Å². The Bertz CT molecular complexity index is 667. The van der Waals surface area contributed by atoms with Crippen LogP contribution in [0.15, 0.2) is 18.2 Å². The topological polar surface area (TPSA) is 59.1 Å². The normalized spacial score (nSPS) is 19.4. The van der Waals surface area contributed by atoms with Crippen LogP contribution < -0.4 is 9.80 Å². The summed E-state index contributed by atoms with van der Waals surface area (Å²) in [7, 11) is 0. The van der Waals surface area contributed by atoms with Gasteiger partial charge >= 0.3 is 6.09 Å². The Morgan fingerprint density at radius 1 is 1.07 bits per heavy atom. The lowest BCUT2D eigenvalue weighted by atomic mass is 10.2. The van der Waals surface area contributed by atoms with Crippen molar-refractivity contribution in [2.45, 2.75) is 26.4 Å². The molecule has 0 N–H and O–H groups in total. The molecule has 0 unspecified atom stereocenters. The van der Waals surface area contributed by atoms with E-state index in [0.717, 1.165) is 5.69 Å². The molecular formula is C19H28FN3O3S. The van der Waals surface area contributed by atoms with Crippen LogP contribution in [0.5, 0.6) is 0 Å². The third kappa shape index (κ3) is 5.19. The Hall–Kier alpha value is -1.67. The van der Waals surface area contributed by atoms with Gasteiger partial charge in [-0.05, 0) is 39.0 Å². The van der Waals surface area contributed by atoms with Crippen molar-refractivity contribution in [1.29, 1.82) is 0 Å². The number of piperazine rings is 1. The van der Waals surface area contributed by atoms with Crippen LogP contribution in [0, 0.1) is 5.82 Å². The highest BCUT2D eigenvalue weighted by Crippen LogP contribution is 2.27. The van der Waals surface area contributed by atoms with Gasteiger partial charge in [-0.2, -0.15) is 0 Å². The summed E-state index contributed by atoms with van der Waals surface area (Å²) in [5.74, 6) is 1.01. The average Bonchev–Trinajstić information content (AvgIpc) is 2.61. The molecular weight excluding hydrogens is 369 g/mol. The van der Waals surface area contributed by atoms with Crippen molar-refractivity contribution in [3.63, 3.8) is 0 Å². The third-order valence-electron chi connectivity index (χ3n) is 4.75. The highest BCUT2D eigenvalue weighted by molar-refractivity contribution is 7.91. The summed E-state index contributed by atoms with van der Waals surface area (Å²) in [5.41, 5.74) is 0.875. The molecule has 2 saturated heterocycles. The Morgan fingerprint density at radius 3 is 2.26 bits per heavy atom. The largest absolute Gasteiger partial charge is 0.616 e. The second kappa shape index (κ2) is 8.14. The molecule has 0 bridgehead atoms. The number of ether oxygens (including phenoxy) is 1. The number of benzene rings is 1. The fourth-order valence-electron chi connectivity index (χ4n) is 3.30. The van der Waals surface area contributed by atoms with Gasteiger partial charge in [-0.25, -0.2) is 9.18 Å². The van der Waals surface area contributed by atoms with Gasteiger partial charge < -0.3 is 24.0 Å². The maximum absolute atomic E-state index is 14.7. The van der Waals surface area contributed by atoms with E-state index in [-0.39, 0.29) is 11.9 Å². The van der Waals surface area contributed by atoms with E-state index in [1.54, 1.807) is 17.0 Å². The fourth-order valence-corrected chi connectivity index (χ4v) is 4.35. The molecule has 1 amide bonds. The highest BCUT2D eigenvalue weighted by Gasteiger charge is 2.27. The van der Waals surface area contributed by atoms with Crippen LogP contribution in [0.4, 0.5) is 20.6 Å². The number of hydrogen-bond donors (Lipinski definition) is 0. The maximum Gasteiger partial charge on any atom is 0.410 e. The number of rotatable bonds is 2. The monoisotopic (exact) mass is 397 g/mol. The second-order valence-corrected chi connectivity index (χ2v) is 9.62. The minimum absolute atomic E-state index is 0.259. The van der Waals surface area contributed by atoms with E-state index in [4.69, 9.17) is 4.74 Å². The van der Waals surface area contributed by atoms with E-state index in [0.29, 0.717) is 56.5 Å². The number of carbonyl (C=O) groups excluding carboxylic acids is 1. The molecule has 8 heteroatoms. The summed E-state index contributed by atoms with van der Waals surface area (Å²) < 4.78 is 31.6. The van der Waals surface area contributed by atoms with Crippen molar-refractivity contribution < 1.29 is 18.5 Å². The summed E-state index contributed by atoms with van der Waals surface area (Å²) >= 11 is -0.748. The van der Waals surface area contributed by atoms with Crippen molar-refractivity contribution in [1.82, 2.24) is 4.90 Å². The molecule has 2 fully saturated rings. The Morgan fingerprint density at radius 2 is 1.70 bits per heavy atom. The number of carbonyl (C=O) groups is 1. The first-order valence-corrected chi connectivity index (χ1v) is 10.8. The van der Waals surface area contributed by atoms with Gasteiger partial charge in [0.15, 0.2) is 0 Å². The average molecular weight is 398 g/mol. The van der Waals surface area contributed by atoms with Gasteiger partial charge in [0.2, 0.25) is 0 Å². The van der Waals surface area contributed by atoms with E-state index in [1.807, 2.05) is 31.7 Å². The first-order valence-electron chi connectivity index (χ1n) is 9.35. The van der Waals surface area contributed by atoms with Crippen molar-refractivity contribution >= 4 is 28.6 Å². The molecule has 2 heterocycles. The number of nitrogens with zero attached hydrogens (tertiary/aromatic N) is 3. The molecule has 0 atom stereocenters. The molecule has 0 saturated carbocycles. The predicted octanol–water partition coefficient (Wildman–Crippen LogP) is 2.45. The van der Waals surface area contributed by atoms with Gasteiger partial charge in [-0.15, -0.1) is 0 Å². The molecule has 150 valence electrons. The first-order chi connectivity index (χ1) is 12.7. The molecule has 1 aromatic carbocycles. The lowest BCUT2D eigenvalue weighted by molar-refractivity contribution is 0.0240. The smallest absolute Gasteiger partial charge is 0.410 e. The highest BCUT2D eigenvalue weighted by atomic mass is 32.2. The molecule has 0 radical (unpaired) electrons. The van der Waals surface area contributed by atoms with Crippen molar-refractivity contribution in [2.24, 2.45) is 0 Å². The molecule has 27 heavy (non-hydrogen) atoms. The Kier molecular flexibility index (Phi) is 6.05. The first kappa shape index (κ1) is 20.1. The van der Waals surface area contributed by atoms with Crippen molar-refractivity contribution in [3.05, 3.63) is 24.0 Å². The Balaban J connectivity index is 1.59. The SMILES string of the molecule is CC(C)(C)OC(=O)N1CCN(c2ccc(N3CC[S+]([O-])CC3)cc2F)CC1. The van der Waals surface area contributed by atoms with E-state index in [2.05, 4.69) is 4.90 Å². The van der Waals surface area contributed by atoms with Crippen molar-refractivity contribution in [2.75, 3.05) is 60.6 Å². The summed E-state index contributed by atoms with van der Waals surface area (Å²) in [6.07, 6.45) is -0.319. The zero-order valence-corrected chi connectivity index (χ0v) is 17.1. The minimum Gasteiger partial charge on any atom is -0.616 e. The maximum atomic E-state index is 14.7. The van der Waals surface area contributed by atoms with Crippen LogP contribution in [-0.4, -0.2) is 71.9 Å². The number of hydrogen-bond acceptors (Lipinski definition) is 5. The molecule has 0 spiro atoms. The summed E-state index contributed by atoms with van der Waals surface area (Å²) in [6.45, 7) is 9.08. The van der Waals surface area contributed by atoms with Gasteiger partial charge in [0.25, 0.3) is 0 Å². The molecule has 0 aliphatic carbocycles. The lowest BCUT2D eigenvalue weighted by Gasteiger charge is -2.37. The number of halogens is 1. The Labute approximate surface area is 163 Å². The number of anilines is 2. The van der Waals surface area contributed by atoms with Crippen LogP contribution in [0.3, 0.4) is 0 Å². The lowest BCUT2D eigenvalue weighted by Crippen LogP contribution is -2.50. The third-order valence-corrected chi connectivity index (χ3v) is 6.02. The van der Waals surface area contributed by atoms with E-state index in [9.17, 15) is 13.7 Å². The zero-order chi connectivity index (χ0) is 19.6. The van der Waals surface area contributed by atoms with Gasteiger partial charge in [0.1, 0.15) is 22.9 Å². The summed E-state index contributed by atoms with van der Waals surface area (Å²) in [6, 6.07) is 5.29. The molecule has 1 aromatic rings. The zero-order valence-electron chi connectivity index (χ0n) is 16.2. The van der Waals surface area contributed by atoms with Crippen LogP contribution in [0.1, 0.15) is 20.8 Å². The van der Waals surface area contributed by atoms with E-state index < -0.39 is 16.8 Å². The van der Waals surface area contributed by atoms with E-state index in [1.165, 1.54) is 0 Å². The molecule has 2 aliphatic rings. The molecule has 2 aliphatic heterocycles. The predicted molar refractivity (Wildman–Crippen MR) is 107 cm³/mol. The molecule has 6 nitrogen and oxygen atoms in total. The summed E-state index contributed by atoms with van der Waals surface area (Å²) in [5, 5.41) is 0. The standard InChI is InChI=1S/C19H28FN3O3S/c1-19(2,3)26-18(24)23-8-6-22(7-9-23)17-5-4-15(14-16(17)20)21-10-12-27(25)13-11-21/h4-5,14H,6-13H2,1-3H3. The van der Waals surface area contributed by atoms with Crippen LogP contribution >= 0.6 is 0 Å². The number of amides is 1. The minimum atomic E-state index is -0.748.